The van der Waals surface area contributed by atoms with Gasteiger partial charge in [-0.3, -0.25) is 0 Å². The topological polar surface area (TPSA) is 42.2 Å². The molecule has 0 aliphatic carbocycles. The second-order valence-corrected chi connectivity index (χ2v) is 6.91. The number of hydrogen-bond donors (Lipinski definition) is 1. The van der Waals surface area contributed by atoms with Crippen molar-refractivity contribution in [1.82, 2.24) is 19.9 Å². The number of nitrogens with zero attached hydrogens (tertiary/aromatic N) is 3. The molecule has 4 rings (SSSR count). The fourth-order valence-electron chi connectivity index (χ4n) is 3.02. The van der Waals surface area contributed by atoms with Crippen LogP contribution in [0.2, 0.25) is 0 Å². The third kappa shape index (κ3) is 2.36. The number of aromatic nitrogens is 3. The third-order valence-electron chi connectivity index (χ3n) is 4.10. The lowest BCUT2D eigenvalue weighted by Crippen LogP contribution is -2.29. The third-order valence-corrected chi connectivity index (χ3v) is 5.12. The summed E-state index contributed by atoms with van der Waals surface area (Å²) in [5.74, 6) is 0.530. The van der Waals surface area contributed by atoms with Crippen LogP contribution in [-0.2, 0) is 0 Å². The summed E-state index contributed by atoms with van der Waals surface area (Å²) in [6, 6.07) is 8.49. The van der Waals surface area contributed by atoms with Crippen molar-refractivity contribution < 1.29 is 0 Å². The normalized spacial score (nSPS) is 19.2. The summed E-state index contributed by atoms with van der Waals surface area (Å²) in [6.45, 7) is 4.29. The number of rotatable bonds is 2. The predicted molar refractivity (Wildman–Crippen MR) is 85.9 cm³/mol. The highest BCUT2D eigenvalue weighted by atomic mass is 32.1. The van der Waals surface area contributed by atoms with E-state index in [2.05, 4.69) is 41.5 Å². The van der Waals surface area contributed by atoms with Gasteiger partial charge in [-0.15, -0.1) is 11.3 Å². The Morgan fingerprint density at radius 3 is 3.05 bits per heavy atom. The largest absolute Gasteiger partial charge is 0.316 e. The van der Waals surface area contributed by atoms with E-state index in [1.807, 2.05) is 10.7 Å². The zero-order chi connectivity index (χ0) is 14.2. The Morgan fingerprint density at radius 2 is 2.29 bits per heavy atom. The Morgan fingerprint density at radius 1 is 1.33 bits per heavy atom. The molecule has 0 radical (unpaired) electrons. The van der Waals surface area contributed by atoms with Crippen molar-refractivity contribution in [2.24, 2.45) is 0 Å². The van der Waals surface area contributed by atoms with E-state index in [1.165, 1.54) is 28.3 Å². The summed E-state index contributed by atoms with van der Waals surface area (Å²) >= 11 is 1.78. The first-order chi connectivity index (χ1) is 10.3. The van der Waals surface area contributed by atoms with Gasteiger partial charge >= 0.3 is 0 Å². The number of aryl methyl sites for hydroxylation is 1. The first-order valence-electron chi connectivity index (χ1n) is 7.43. The van der Waals surface area contributed by atoms with Crippen LogP contribution in [0.4, 0.5) is 0 Å². The molecule has 0 amide bonds. The molecule has 1 unspecified atom stereocenters. The lowest BCUT2D eigenvalue weighted by Gasteiger charge is -2.23. The van der Waals surface area contributed by atoms with E-state index in [4.69, 9.17) is 5.10 Å². The molecule has 1 saturated heterocycles. The summed E-state index contributed by atoms with van der Waals surface area (Å²) in [6.07, 6.45) is 4.36. The van der Waals surface area contributed by atoms with Crippen LogP contribution < -0.4 is 5.32 Å². The SMILES string of the molecule is Cc1ccc(-c2cc3nccc(C4CCCNC4)n3n2)s1. The molecule has 0 aromatic carbocycles. The van der Waals surface area contributed by atoms with Crippen LogP contribution in [0.3, 0.4) is 0 Å². The quantitative estimate of drug-likeness (QED) is 0.790. The van der Waals surface area contributed by atoms with Gasteiger partial charge < -0.3 is 5.32 Å². The Kier molecular flexibility index (Phi) is 3.24. The van der Waals surface area contributed by atoms with Crippen molar-refractivity contribution in [3.63, 3.8) is 0 Å². The maximum atomic E-state index is 4.81. The fraction of sp³-hybridized carbons (Fsp3) is 0.375. The lowest BCUT2D eigenvalue weighted by atomic mass is 9.96. The van der Waals surface area contributed by atoms with Crippen molar-refractivity contribution in [3.05, 3.63) is 41.0 Å². The van der Waals surface area contributed by atoms with Gasteiger partial charge in [0.15, 0.2) is 5.65 Å². The van der Waals surface area contributed by atoms with E-state index in [0.717, 1.165) is 24.4 Å². The molecule has 5 heteroatoms. The summed E-state index contributed by atoms with van der Waals surface area (Å²) in [5.41, 5.74) is 3.24. The molecular formula is C16H18N4S. The van der Waals surface area contributed by atoms with Gasteiger partial charge in [-0.2, -0.15) is 5.10 Å². The Labute approximate surface area is 127 Å². The van der Waals surface area contributed by atoms with Crippen LogP contribution in [0.25, 0.3) is 16.2 Å². The van der Waals surface area contributed by atoms with Gasteiger partial charge in [0, 0.05) is 29.6 Å². The molecular weight excluding hydrogens is 280 g/mol. The first kappa shape index (κ1) is 13.0. The Balaban J connectivity index is 1.80. The van der Waals surface area contributed by atoms with Crippen LogP contribution in [0, 0.1) is 6.92 Å². The fourth-order valence-corrected chi connectivity index (χ4v) is 3.84. The van der Waals surface area contributed by atoms with E-state index < -0.39 is 0 Å². The average Bonchev–Trinajstić information content (AvgIpc) is 3.13. The molecule has 0 bridgehead atoms. The van der Waals surface area contributed by atoms with Crippen molar-refractivity contribution in [1.29, 1.82) is 0 Å². The first-order valence-corrected chi connectivity index (χ1v) is 8.25. The molecule has 0 spiro atoms. The van der Waals surface area contributed by atoms with Gasteiger partial charge in [0.25, 0.3) is 0 Å². The van der Waals surface area contributed by atoms with E-state index in [-0.39, 0.29) is 0 Å². The molecule has 4 heterocycles. The molecule has 1 atom stereocenters. The van der Waals surface area contributed by atoms with Crippen molar-refractivity contribution >= 4 is 17.0 Å². The second-order valence-electron chi connectivity index (χ2n) is 5.62. The van der Waals surface area contributed by atoms with Crippen LogP contribution in [0.1, 0.15) is 29.3 Å². The minimum absolute atomic E-state index is 0.530. The van der Waals surface area contributed by atoms with Gasteiger partial charge in [0.2, 0.25) is 0 Å². The Hall–Kier alpha value is -1.72. The minimum atomic E-state index is 0.530. The molecule has 108 valence electrons. The lowest BCUT2D eigenvalue weighted by molar-refractivity contribution is 0.448. The zero-order valence-electron chi connectivity index (χ0n) is 12.0. The van der Waals surface area contributed by atoms with Gasteiger partial charge in [-0.1, -0.05) is 0 Å². The van der Waals surface area contributed by atoms with Crippen molar-refractivity contribution in [2.45, 2.75) is 25.7 Å². The number of thiophene rings is 1. The minimum Gasteiger partial charge on any atom is -0.316 e. The van der Waals surface area contributed by atoms with Crippen LogP contribution in [-0.4, -0.2) is 27.7 Å². The smallest absolute Gasteiger partial charge is 0.155 e. The van der Waals surface area contributed by atoms with Gasteiger partial charge in [0.1, 0.15) is 5.69 Å². The second kappa shape index (κ2) is 5.24. The van der Waals surface area contributed by atoms with Crippen LogP contribution in [0.5, 0.6) is 0 Å². The molecule has 1 aliphatic heterocycles. The molecule has 3 aromatic heterocycles. The molecule has 3 aromatic rings. The molecule has 1 N–H and O–H groups in total. The molecule has 1 aliphatic rings. The number of piperidine rings is 1. The van der Waals surface area contributed by atoms with Crippen molar-refractivity contribution in [2.75, 3.05) is 13.1 Å². The van der Waals surface area contributed by atoms with Crippen LogP contribution in [0.15, 0.2) is 30.5 Å². The highest BCUT2D eigenvalue weighted by molar-refractivity contribution is 7.15. The van der Waals surface area contributed by atoms with E-state index in [9.17, 15) is 0 Å². The summed E-state index contributed by atoms with van der Waals surface area (Å²) in [4.78, 5) is 7.00. The van der Waals surface area contributed by atoms with Crippen LogP contribution >= 0.6 is 11.3 Å². The van der Waals surface area contributed by atoms with E-state index in [0.29, 0.717) is 5.92 Å². The molecule has 1 fully saturated rings. The standard InChI is InChI=1S/C16H18N4S/c1-11-4-5-15(21-11)13-9-16-18-8-6-14(20(16)19-13)12-3-2-7-17-10-12/h4-6,8-9,12,17H,2-3,7,10H2,1H3. The van der Waals surface area contributed by atoms with Gasteiger partial charge in [0.05, 0.1) is 10.6 Å². The maximum absolute atomic E-state index is 4.81. The molecule has 4 nitrogen and oxygen atoms in total. The predicted octanol–water partition coefficient (Wildman–Crippen LogP) is 3.23. The summed E-state index contributed by atoms with van der Waals surface area (Å²) < 4.78 is 2.03. The number of hydrogen-bond acceptors (Lipinski definition) is 4. The van der Waals surface area contributed by atoms with Gasteiger partial charge in [-0.05, 0) is 44.5 Å². The number of nitrogens with one attached hydrogen (secondary N) is 1. The average molecular weight is 298 g/mol. The van der Waals surface area contributed by atoms with E-state index >= 15 is 0 Å². The van der Waals surface area contributed by atoms with Gasteiger partial charge in [-0.25, -0.2) is 9.50 Å². The summed E-state index contributed by atoms with van der Waals surface area (Å²) in [7, 11) is 0. The highest BCUT2D eigenvalue weighted by Gasteiger charge is 2.19. The molecule has 21 heavy (non-hydrogen) atoms. The zero-order valence-corrected chi connectivity index (χ0v) is 12.9. The maximum Gasteiger partial charge on any atom is 0.155 e. The monoisotopic (exact) mass is 298 g/mol. The summed E-state index contributed by atoms with van der Waals surface area (Å²) in [5, 5.41) is 8.29. The Bertz CT molecular complexity index is 768. The van der Waals surface area contributed by atoms with Crippen molar-refractivity contribution in [3.8, 4) is 10.6 Å². The molecule has 0 saturated carbocycles. The van der Waals surface area contributed by atoms with E-state index in [1.54, 1.807) is 11.3 Å². The number of fused-ring (bicyclic) bond motifs is 1. The highest BCUT2D eigenvalue weighted by Crippen LogP contribution is 2.29.